The van der Waals surface area contributed by atoms with Gasteiger partial charge in [-0.25, -0.2) is 9.37 Å². The Balaban J connectivity index is 1.78. The zero-order chi connectivity index (χ0) is 18.8. The number of hydrogen-bond donors (Lipinski definition) is 3. The second-order valence-corrected chi connectivity index (χ2v) is 7.50. The lowest BCUT2D eigenvalue weighted by Crippen LogP contribution is -2.44. The van der Waals surface area contributed by atoms with Crippen LogP contribution in [0.1, 0.15) is 36.3 Å². The highest BCUT2D eigenvalue weighted by Gasteiger charge is 2.23. The fourth-order valence-corrected chi connectivity index (χ4v) is 4.25. The van der Waals surface area contributed by atoms with Crippen molar-refractivity contribution in [3.05, 3.63) is 57.8 Å². The van der Waals surface area contributed by atoms with Gasteiger partial charge in [0, 0.05) is 36.1 Å². The summed E-state index contributed by atoms with van der Waals surface area (Å²) in [7, 11) is 1.88. The lowest BCUT2D eigenvalue weighted by molar-refractivity contribution is 0.420. The normalized spacial score (nSPS) is 20.0. The van der Waals surface area contributed by atoms with Gasteiger partial charge >= 0.3 is 0 Å². The summed E-state index contributed by atoms with van der Waals surface area (Å²) in [6, 6.07) is 7.89. The van der Waals surface area contributed by atoms with Crippen LogP contribution in [0.15, 0.2) is 30.5 Å². The maximum Gasteiger partial charge on any atom is 0.127 e. The Morgan fingerprint density at radius 2 is 2.04 bits per heavy atom. The van der Waals surface area contributed by atoms with E-state index in [9.17, 15) is 4.39 Å². The molecule has 3 N–H and O–H groups in total. The molecule has 1 unspecified atom stereocenters. The Morgan fingerprint density at radius 3 is 2.78 bits per heavy atom. The molecule has 0 saturated carbocycles. The molecule has 1 aromatic heterocycles. The van der Waals surface area contributed by atoms with Gasteiger partial charge in [-0.3, -0.25) is 0 Å². The van der Waals surface area contributed by atoms with E-state index in [1.54, 1.807) is 12.1 Å². The van der Waals surface area contributed by atoms with Gasteiger partial charge < -0.3 is 16.0 Å². The Labute approximate surface area is 159 Å². The fourth-order valence-electron chi connectivity index (χ4n) is 4.25. The first-order valence-electron chi connectivity index (χ1n) is 9.77. The van der Waals surface area contributed by atoms with Crippen molar-refractivity contribution in [2.24, 2.45) is 0 Å². The van der Waals surface area contributed by atoms with E-state index in [0.717, 1.165) is 54.5 Å². The lowest BCUT2D eigenvalue weighted by Gasteiger charge is -2.29. The molecule has 1 atom stereocenters. The van der Waals surface area contributed by atoms with E-state index in [2.05, 4.69) is 33.1 Å². The predicted molar refractivity (Wildman–Crippen MR) is 108 cm³/mol. The molecule has 1 saturated heterocycles. The molecule has 4 nitrogen and oxygen atoms in total. The van der Waals surface area contributed by atoms with Crippen molar-refractivity contribution < 1.29 is 4.39 Å². The summed E-state index contributed by atoms with van der Waals surface area (Å²) in [4.78, 5) is 4.48. The van der Waals surface area contributed by atoms with Crippen molar-refractivity contribution in [2.45, 2.75) is 38.1 Å². The number of aryl methyl sites for hydroxylation is 1. The number of aromatic nitrogens is 1. The monoisotopic (exact) mass is 366 g/mol. The highest BCUT2D eigenvalue weighted by Crippen LogP contribution is 2.31. The second-order valence-electron chi connectivity index (χ2n) is 7.50. The zero-order valence-electron chi connectivity index (χ0n) is 16.0. The summed E-state index contributed by atoms with van der Waals surface area (Å²) in [5, 5.41) is 12.6. The molecule has 0 amide bonds. The second kappa shape index (κ2) is 7.69. The van der Waals surface area contributed by atoms with Crippen LogP contribution >= 0.6 is 0 Å². The summed E-state index contributed by atoms with van der Waals surface area (Å²) in [6.45, 7) is 4.07. The smallest absolute Gasteiger partial charge is 0.127 e. The standard InChI is InChI=1S/C22H27FN4/c1-14-4-3-5-19(23)22(14)15-10-16-13-26-21(24-2)12-18(16)20(11-15)27-17-6-8-25-9-7-17/h3-5,10,12-13,15,17,24-25,27H,6-9,11H2,1-2H3. The summed E-state index contributed by atoms with van der Waals surface area (Å²) < 4.78 is 14.6. The van der Waals surface area contributed by atoms with Gasteiger partial charge in [0.05, 0.1) is 0 Å². The molecule has 1 aliphatic heterocycles. The van der Waals surface area contributed by atoms with E-state index in [1.165, 1.54) is 10.9 Å². The Kier molecular flexibility index (Phi) is 5.12. The highest BCUT2D eigenvalue weighted by molar-refractivity contribution is 5.58. The molecule has 1 aliphatic carbocycles. The van der Waals surface area contributed by atoms with Crippen LogP contribution in [0.2, 0.25) is 0 Å². The topological polar surface area (TPSA) is 49.0 Å². The third-order valence-electron chi connectivity index (χ3n) is 5.68. The Bertz CT molecular complexity index is 927. The highest BCUT2D eigenvalue weighted by atomic mass is 19.1. The SMILES string of the molecule is CNc1cc2c(cn1)=CC(c1c(C)cccc1F)CC=2NC1CCNCC1. The van der Waals surface area contributed by atoms with Crippen molar-refractivity contribution in [1.82, 2.24) is 15.6 Å². The molecule has 142 valence electrons. The van der Waals surface area contributed by atoms with E-state index in [1.807, 2.05) is 26.2 Å². The van der Waals surface area contributed by atoms with E-state index < -0.39 is 0 Å². The minimum atomic E-state index is -0.124. The number of benzene rings is 1. The van der Waals surface area contributed by atoms with Gasteiger partial charge in [0.2, 0.25) is 0 Å². The summed E-state index contributed by atoms with van der Waals surface area (Å²) >= 11 is 0. The number of hydrogen-bond acceptors (Lipinski definition) is 4. The molecule has 0 spiro atoms. The van der Waals surface area contributed by atoms with Crippen LogP contribution in [0.25, 0.3) is 11.8 Å². The van der Waals surface area contributed by atoms with Crippen LogP contribution in [0, 0.1) is 12.7 Å². The van der Waals surface area contributed by atoms with Gasteiger partial charge in [0.15, 0.2) is 0 Å². The average molecular weight is 366 g/mol. The van der Waals surface area contributed by atoms with Crippen molar-refractivity contribution in [2.75, 3.05) is 25.5 Å². The fraction of sp³-hybridized carbons (Fsp3) is 0.409. The third-order valence-corrected chi connectivity index (χ3v) is 5.68. The van der Waals surface area contributed by atoms with Gasteiger partial charge in [-0.05, 0) is 67.8 Å². The van der Waals surface area contributed by atoms with Gasteiger partial charge in [0.25, 0.3) is 0 Å². The van der Waals surface area contributed by atoms with Crippen LogP contribution in [-0.4, -0.2) is 31.2 Å². The summed E-state index contributed by atoms with van der Waals surface area (Å²) in [5.41, 5.74) is 3.00. The first-order valence-corrected chi connectivity index (χ1v) is 9.77. The van der Waals surface area contributed by atoms with Gasteiger partial charge in [-0.1, -0.05) is 18.2 Å². The maximum atomic E-state index is 14.6. The van der Waals surface area contributed by atoms with E-state index >= 15 is 0 Å². The number of piperidine rings is 1. The minimum Gasteiger partial charge on any atom is -0.385 e. The molecule has 1 aromatic carbocycles. The number of anilines is 1. The molecule has 4 rings (SSSR count). The molecule has 2 heterocycles. The Hall–Kier alpha value is -2.40. The van der Waals surface area contributed by atoms with Gasteiger partial charge in [-0.15, -0.1) is 0 Å². The van der Waals surface area contributed by atoms with Crippen molar-refractivity contribution in [1.29, 1.82) is 0 Å². The molecule has 0 bridgehead atoms. The first-order chi connectivity index (χ1) is 13.2. The number of rotatable bonds is 4. The van der Waals surface area contributed by atoms with E-state index in [0.29, 0.717) is 6.04 Å². The minimum absolute atomic E-state index is 0.0187. The van der Waals surface area contributed by atoms with Crippen molar-refractivity contribution in [3.8, 4) is 0 Å². The van der Waals surface area contributed by atoms with E-state index in [-0.39, 0.29) is 11.7 Å². The average Bonchev–Trinajstić information content (AvgIpc) is 2.68. The van der Waals surface area contributed by atoms with E-state index in [4.69, 9.17) is 0 Å². The number of fused-ring (bicyclic) bond motifs is 1. The number of halogens is 1. The lowest BCUT2D eigenvalue weighted by atomic mass is 9.86. The summed E-state index contributed by atoms with van der Waals surface area (Å²) in [5.74, 6) is 0.748. The maximum absolute atomic E-state index is 14.6. The van der Waals surface area contributed by atoms with Crippen LogP contribution in [0.3, 0.4) is 0 Å². The molecule has 2 aliphatic rings. The molecule has 27 heavy (non-hydrogen) atoms. The quantitative estimate of drug-likeness (QED) is 0.775. The van der Waals surface area contributed by atoms with Crippen molar-refractivity contribution >= 4 is 17.6 Å². The van der Waals surface area contributed by atoms with Crippen LogP contribution in [0.4, 0.5) is 10.2 Å². The predicted octanol–water partition coefficient (Wildman–Crippen LogP) is 1.99. The van der Waals surface area contributed by atoms with Crippen LogP contribution in [-0.2, 0) is 0 Å². The zero-order valence-corrected chi connectivity index (χ0v) is 16.0. The molecular formula is C22H27FN4. The number of nitrogens with zero attached hydrogens (tertiary/aromatic N) is 1. The molecular weight excluding hydrogens is 339 g/mol. The Morgan fingerprint density at radius 1 is 1.22 bits per heavy atom. The summed E-state index contributed by atoms with van der Waals surface area (Å²) in [6.07, 6.45) is 7.06. The molecule has 5 heteroatoms. The van der Waals surface area contributed by atoms with Crippen LogP contribution < -0.4 is 26.4 Å². The third kappa shape index (κ3) is 3.69. The number of nitrogens with one attached hydrogen (secondary N) is 3. The van der Waals surface area contributed by atoms with Crippen LogP contribution in [0.5, 0.6) is 0 Å². The molecule has 2 aromatic rings. The number of pyridine rings is 1. The molecule has 0 radical (unpaired) electrons. The first kappa shape index (κ1) is 18.0. The largest absolute Gasteiger partial charge is 0.385 e. The van der Waals surface area contributed by atoms with Crippen molar-refractivity contribution in [3.63, 3.8) is 0 Å². The van der Waals surface area contributed by atoms with Gasteiger partial charge in [0.1, 0.15) is 11.6 Å². The molecule has 1 fully saturated rings. The van der Waals surface area contributed by atoms with Gasteiger partial charge in [-0.2, -0.15) is 0 Å².